The number of methoxy groups -OCH3 is 1. The Hall–Kier alpha value is -2.21. The van der Waals surface area contributed by atoms with E-state index in [1.165, 1.54) is 7.11 Å². The molecular formula is C22H32N2O3Si. The number of anilines is 1. The third-order valence-electron chi connectivity index (χ3n) is 5.93. The van der Waals surface area contributed by atoms with Crippen LogP contribution in [0.25, 0.3) is 5.69 Å². The maximum atomic E-state index is 12.6. The van der Waals surface area contributed by atoms with Crippen molar-refractivity contribution >= 4 is 20.1 Å². The summed E-state index contributed by atoms with van der Waals surface area (Å²) in [5.41, 5.74) is 1.57. The van der Waals surface area contributed by atoms with Crippen molar-refractivity contribution in [2.24, 2.45) is 0 Å². The molecule has 1 aromatic carbocycles. The molecule has 5 nitrogen and oxygen atoms in total. The summed E-state index contributed by atoms with van der Waals surface area (Å²) in [5.74, 6) is 1.28. The second-order valence-corrected chi connectivity index (χ2v) is 13.7. The average molecular weight is 401 g/mol. The van der Waals surface area contributed by atoms with Crippen LogP contribution in [-0.4, -0.2) is 39.1 Å². The molecule has 6 heteroatoms. The maximum absolute atomic E-state index is 12.6. The van der Waals surface area contributed by atoms with Crippen molar-refractivity contribution in [2.75, 3.05) is 25.1 Å². The molecule has 152 valence electrons. The normalized spacial score (nSPS) is 15.0. The van der Waals surface area contributed by atoms with E-state index < -0.39 is 8.32 Å². The fraction of sp³-hybridized carbons (Fsp3) is 0.500. The Morgan fingerprint density at radius 3 is 2.21 bits per heavy atom. The summed E-state index contributed by atoms with van der Waals surface area (Å²) in [5, 5.41) is 0.0536. The molecule has 2 heterocycles. The van der Waals surface area contributed by atoms with E-state index in [0.717, 1.165) is 43.3 Å². The molecule has 0 unspecified atom stereocenters. The van der Waals surface area contributed by atoms with Crippen molar-refractivity contribution in [1.82, 2.24) is 4.57 Å². The number of hydrogen-bond acceptors (Lipinski definition) is 4. The molecule has 1 saturated heterocycles. The average Bonchev–Trinajstić information content (AvgIpc) is 3.28. The fourth-order valence-electron chi connectivity index (χ4n) is 3.29. The van der Waals surface area contributed by atoms with Gasteiger partial charge in [0.25, 0.3) is 8.32 Å². The third kappa shape index (κ3) is 3.83. The van der Waals surface area contributed by atoms with Crippen molar-refractivity contribution in [3.05, 3.63) is 42.0 Å². The molecule has 3 rings (SSSR count). The van der Waals surface area contributed by atoms with E-state index in [-0.39, 0.29) is 11.0 Å². The Balaban J connectivity index is 2.22. The molecule has 1 aliphatic rings. The summed E-state index contributed by atoms with van der Waals surface area (Å²) in [4.78, 5) is 14.9. The van der Waals surface area contributed by atoms with Crippen LogP contribution in [0.1, 0.15) is 44.0 Å². The van der Waals surface area contributed by atoms with Gasteiger partial charge in [-0.2, -0.15) is 0 Å². The lowest BCUT2D eigenvalue weighted by atomic mass is 10.2. The van der Waals surface area contributed by atoms with Crippen LogP contribution in [0.4, 0.5) is 5.82 Å². The summed E-state index contributed by atoms with van der Waals surface area (Å²) in [7, 11) is -0.661. The van der Waals surface area contributed by atoms with Crippen LogP contribution in [0.15, 0.2) is 36.4 Å². The molecule has 0 N–H and O–H groups in total. The number of carbonyl (C=O) groups is 1. The lowest BCUT2D eigenvalue weighted by Crippen LogP contribution is -2.44. The molecule has 0 spiro atoms. The number of para-hydroxylation sites is 1. The molecule has 0 aliphatic carbocycles. The lowest BCUT2D eigenvalue weighted by molar-refractivity contribution is 0.0601. The summed E-state index contributed by atoms with van der Waals surface area (Å²) >= 11 is 0. The van der Waals surface area contributed by atoms with Gasteiger partial charge in [0, 0.05) is 19.2 Å². The van der Waals surface area contributed by atoms with E-state index in [4.69, 9.17) is 9.16 Å². The highest BCUT2D eigenvalue weighted by Crippen LogP contribution is 2.41. The number of nitrogens with zero attached hydrogens (tertiary/aromatic N) is 2. The summed E-state index contributed by atoms with van der Waals surface area (Å²) in [6.45, 7) is 13.0. The highest BCUT2D eigenvalue weighted by molar-refractivity contribution is 6.74. The summed E-state index contributed by atoms with van der Waals surface area (Å²) in [6, 6.07) is 12.0. The van der Waals surface area contributed by atoms with E-state index in [1.807, 2.05) is 24.3 Å². The van der Waals surface area contributed by atoms with Crippen molar-refractivity contribution in [3.63, 3.8) is 0 Å². The van der Waals surface area contributed by atoms with Gasteiger partial charge >= 0.3 is 5.97 Å². The van der Waals surface area contributed by atoms with Gasteiger partial charge < -0.3 is 14.1 Å². The van der Waals surface area contributed by atoms with Crippen molar-refractivity contribution in [1.29, 1.82) is 0 Å². The Bertz CT molecular complexity index is 831. The van der Waals surface area contributed by atoms with Crippen LogP contribution in [0.3, 0.4) is 0 Å². The number of hydrogen-bond donors (Lipinski definition) is 0. The molecule has 1 aromatic heterocycles. The monoisotopic (exact) mass is 400 g/mol. The first kappa shape index (κ1) is 20.5. The van der Waals surface area contributed by atoms with Crippen LogP contribution in [0, 0.1) is 0 Å². The highest BCUT2D eigenvalue weighted by Gasteiger charge is 2.41. The molecule has 2 aromatic rings. The first-order valence-corrected chi connectivity index (χ1v) is 12.9. The van der Waals surface area contributed by atoms with Gasteiger partial charge in [-0.05, 0) is 43.1 Å². The number of aromatic nitrogens is 1. The fourth-order valence-corrected chi connectivity index (χ4v) is 4.27. The highest BCUT2D eigenvalue weighted by atomic mass is 28.4. The van der Waals surface area contributed by atoms with Crippen molar-refractivity contribution < 1.29 is 14.0 Å². The second kappa shape index (κ2) is 7.66. The van der Waals surface area contributed by atoms with Gasteiger partial charge in [-0.3, -0.25) is 4.57 Å². The largest absolute Gasteiger partial charge is 0.531 e. The standard InChI is InChI=1S/C22H32N2O3Si/c1-22(2,3)28(5,6)27-19-16-18(21(25)26-4)20(23-14-10-11-15-23)24(19)17-12-8-7-9-13-17/h7-9,12-13,16H,10-11,14-15H2,1-6H3. The molecule has 0 bridgehead atoms. The molecular weight excluding hydrogens is 368 g/mol. The van der Waals surface area contributed by atoms with Gasteiger partial charge in [-0.1, -0.05) is 39.0 Å². The first-order valence-electron chi connectivity index (χ1n) is 9.99. The van der Waals surface area contributed by atoms with Gasteiger partial charge in [0.2, 0.25) is 0 Å². The third-order valence-corrected chi connectivity index (χ3v) is 10.3. The molecule has 0 atom stereocenters. The number of benzene rings is 1. The van der Waals surface area contributed by atoms with Crippen molar-refractivity contribution in [3.8, 4) is 11.6 Å². The zero-order valence-corrected chi connectivity index (χ0v) is 18.9. The van der Waals surface area contributed by atoms with E-state index in [9.17, 15) is 4.79 Å². The van der Waals surface area contributed by atoms with Crippen LogP contribution in [0.5, 0.6) is 5.88 Å². The van der Waals surface area contributed by atoms with Gasteiger partial charge in [0.05, 0.1) is 12.8 Å². The zero-order valence-electron chi connectivity index (χ0n) is 17.9. The quantitative estimate of drug-likeness (QED) is 0.508. The molecule has 0 saturated carbocycles. The number of esters is 1. The molecule has 0 amide bonds. The molecule has 1 fully saturated rings. The Labute approximate surface area is 169 Å². The number of carbonyl (C=O) groups excluding carboxylic acids is 1. The van der Waals surface area contributed by atoms with Gasteiger partial charge in [-0.25, -0.2) is 4.79 Å². The number of rotatable bonds is 5. The van der Waals surface area contributed by atoms with Crippen molar-refractivity contribution in [2.45, 2.75) is 51.7 Å². The smallest absolute Gasteiger partial charge is 0.341 e. The van der Waals surface area contributed by atoms with Gasteiger partial charge in [0.15, 0.2) is 5.88 Å². The molecule has 28 heavy (non-hydrogen) atoms. The van der Waals surface area contributed by atoms with Crippen LogP contribution >= 0.6 is 0 Å². The zero-order chi connectivity index (χ0) is 20.5. The Kier molecular flexibility index (Phi) is 5.61. The van der Waals surface area contributed by atoms with Crippen LogP contribution in [-0.2, 0) is 4.74 Å². The van der Waals surface area contributed by atoms with E-state index in [1.54, 1.807) is 0 Å². The minimum absolute atomic E-state index is 0.0536. The topological polar surface area (TPSA) is 43.7 Å². The summed E-state index contributed by atoms with van der Waals surface area (Å²) in [6.07, 6.45) is 2.25. The first-order chi connectivity index (χ1) is 13.2. The SMILES string of the molecule is COC(=O)c1cc(O[Si](C)(C)C(C)(C)C)n(-c2ccccc2)c1N1CCCC1. The maximum Gasteiger partial charge on any atom is 0.341 e. The molecule has 0 radical (unpaired) electrons. The van der Waals surface area contributed by atoms with Gasteiger partial charge in [0.1, 0.15) is 11.4 Å². The predicted octanol–water partition coefficient (Wildman–Crippen LogP) is 5.25. The van der Waals surface area contributed by atoms with Crippen LogP contribution in [0.2, 0.25) is 18.1 Å². The predicted molar refractivity (Wildman–Crippen MR) is 116 cm³/mol. The molecule has 1 aliphatic heterocycles. The van der Waals surface area contributed by atoms with Crippen LogP contribution < -0.4 is 9.33 Å². The minimum atomic E-state index is -2.10. The minimum Gasteiger partial charge on any atom is -0.531 e. The van der Waals surface area contributed by atoms with E-state index in [2.05, 4.69) is 55.5 Å². The van der Waals surface area contributed by atoms with E-state index >= 15 is 0 Å². The Morgan fingerprint density at radius 2 is 1.68 bits per heavy atom. The van der Waals surface area contributed by atoms with E-state index in [0.29, 0.717) is 5.56 Å². The number of ether oxygens (including phenoxy) is 1. The van der Waals surface area contributed by atoms with Gasteiger partial charge in [-0.15, -0.1) is 0 Å². The lowest BCUT2D eigenvalue weighted by Gasteiger charge is -2.36. The summed E-state index contributed by atoms with van der Waals surface area (Å²) < 4.78 is 13.9. The second-order valence-electron chi connectivity index (χ2n) is 8.94. The Morgan fingerprint density at radius 1 is 1.07 bits per heavy atom.